The second-order valence-electron chi connectivity index (χ2n) is 4.07. The lowest BCUT2D eigenvalue weighted by Gasteiger charge is -1.98. The number of hydrogen-bond donors (Lipinski definition) is 1. The lowest BCUT2D eigenvalue weighted by Crippen LogP contribution is -1.82. The molecule has 0 aliphatic heterocycles. The first-order valence-corrected chi connectivity index (χ1v) is 6.90. The first kappa shape index (κ1) is 13.1. The van der Waals surface area contributed by atoms with Gasteiger partial charge < -0.3 is 9.63 Å². The number of phenolic OH excluding ortho intramolecular Hbond substituents is 1. The molecule has 6 heteroatoms. The summed E-state index contributed by atoms with van der Waals surface area (Å²) in [6, 6.07) is 12.3. The Morgan fingerprint density at radius 2 is 1.95 bits per heavy atom. The van der Waals surface area contributed by atoms with Crippen molar-refractivity contribution in [3.05, 3.63) is 52.0 Å². The van der Waals surface area contributed by atoms with Gasteiger partial charge in [0.15, 0.2) is 0 Å². The fourth-order valence-electron chi connectivity index (χ4n) is 1.73. The topological polar surface area (TPSA) is 59.2 Å². The Hall–Kier alpha value is -1.85. The van der Waals surface area contributed by atoms with E-state index in [1.807, 2.05) is 24.3 Å². The Labute approximate surface area is 128 Å². The number of aromatic hydroxyl groups is 1. The molecule has 0 aliphatic carbocycles. The van der Waals surface area contributed by atoms with Crippen LogP contribution in [-0.2, 0) is 0 Å². The van der Waals surface area contributed by atoms with Crippen molar-refractivity contribution in [2.75, 3.05) is 0 Å². The summed E-state index contributed by atoms with van der Waals surface area (Å²) < 4.78 is 6.12. The van der Waals surface area contributed by atoms with Crippen molar-refractivity contribution in [3.63, 3.8) is 0 Å². The second kappa shape index (κ2) is 5.26. The van der Waals surface area contributed by atoms with E-state index in [0.717, 1.165) is 10.0 Å². The zero-order valence-corrected chi connectivity index (χ0v) is 12.4. The Bertz CT molecular complexity index is 773. The van der Waals surface area contributed by atoms with E-state index in [9.17, 15) is 5.11 Å². The molecule has 20 heavy (non-hydrogen) atoms. The number of phenols is 1. The van der Waals surface area contributed by atoms with Gasteiger partial charge in [-0.3, -0.25) is 0 Å². The number of hydrogen-bond acceptors (Lipinski definition) is 4. The van der Waals surface area contributed by atoms with Gasteiger partial charge in [0.1, 0.15) is 5.75 Å². The minimum Gasteiger partial charge on any atom is -0.506 e. The van der Waals surface area contributed by atoms with Crippen LogP contribution in [0.4, 0.5) is 0 Å². The van der Waals surface area contributed by atoms with Crippen LogP contribution >= 0.6 is 27.5 Å². The average molecular weight is 352 g/mol. The highest BCUT2D eigenvalue weighted by Crippen LogP contribution is 2.31. The summed E-state index contributed by atoms with van der Waals surface area (Å²) in [5, 5.41) is 13.6. The van der Waals surface area contributed by atoms with Gasteiger partial charge in [-0.15, -0.1) is 0 Å². The van der Waals surface area contributed by atoms with E-state index in [1.54, 1.807) is 12.1 Å². The van der Waals surface area contributed by atoms with E-state index in [0.29, 0.717) is 17.3 Å². The maximum absolute atomic E-state index is 9.41. The van der Waals surface area contributed by atoms with Crippen LogP contribution in [0, 0.1) is 0 Å². The van der Waals surface area contributed by atoms with Gasteiger partial charge in [-0.2, -0.15) is 4.98 Å². The molecule has 2 aromatic carbocycles. The Kier molecular flexibility index (Phi) is 3.46. The molecule has 0 spiro atoms. The SMILES string of the molecule is Oc1ccc(-c2nc(-c3ccccc3Br)no2)cc1Cl. The number of halogens is 2. The van der Waals surface area contributed by atoms with Gasteiger partial charge in [0.05, 0.1) is 5.02 Å². The van der Waals surface area contributed by atoms with Gasteiger partial charge in [-0.1, -0.05) is 44.8 Å². The van der Waals surface area contributed by atoms with Crippen molar-refractivity contribution in [1.82, 2.24) is 10.1 Å². The van der Waals surface area contributed by atoms with Crippen molar-refractivity contribution in [1.29, 1.82) is 0 Å². The fraction of sp³-hybridized carbons (Fsp3) is 0. The van der Waals surface area contributed by atoms with Gasteiger partial charge in [0, 0.05) is 15.6 Å². The Balaban J connectivity index is 2.02. The summed E-state index contributed by atoms with van der Waals surface area (Å²) in [5.41, 5.74) is 1.49. The predicted molar refractivity (Wildman–Crippen MR) is 79.5 cm³/mol. The minimum atomic E-state index is 0.0148. The maximum Gasteiger partial charge on any atom is 0.258 e. The smallest absolute Gasteiger partial charge is 0.258 e. The van der Waals surface area contributed by atoms with Crippen molar-refractivity contribution in [2.45, 2.75) is 0 Å². The molecule has 1 heterocycles. The molecule has 0 amide bonds. The lowest BCUT2D eigenvalue weighted by molar-refractivity contribution is 0.432. The van der Waals surface area contributed by atoms with E-state index in [4.69, 9.17) is 16.1 Å². The standard InChI is InChI=1S/C14H8BrClN2O2/c15-10-4-2-1-3-9(10)13-17-14(20-18-13)8-5-6-12(19)11(16)7-8/h1-7,19H. The molecule has 4 nitrogen and oxygen atoms in total. The van der Waals surface area contributed by atoms with Crippen molar-refractivity contribution in [2.24, 2.45) is 0 Å². The summed E-state index contributed by atoms with van der Waals surface area (Å²) in [7, 11) is 0. The monoisotopic (exact) mass is 350 g/mol. The number of nitrogens with zero attached hydrogens (tertiary/aromatic N) is 2. The number of aromatic nitrogens is 2. The van der Waals surface area contributed by atoms with Crippen LogP contribution in [0.15, 0.2) is 51.5 Å². The summed E-state index contributed by atoms with van der Waals surface area (Å²) in [4.78, 5) is 4.33. The van der Waals surface area contributed by atoms with Crippen LogP contribution in [0.2, 0.25) is 5.02 Å². The molecule has 1 N–H and O–H groups in total. The molecular formula is C14H8BrClN2O2. The molecule has 1 aromatic heterocycles. The highest BCUT2D eigenvalue weighted by atomic mass is 79.9. The van der Waals surface area contributed by atoms with Crippen LogP contribution in [0.1, 0.15) is 0 Å². The summed E-state index contributed by atoms with van der Waals surface area (Å²) >= 11 is 9.31. The third-order valence-corrected chi connectivity index (χ3v) is 3.73. The van der Waals surface area contributed by atoms with Crippen LogP contribution in [0.25, 0.3) is 22.8 Å². The highest BCUT2D eigenvalue weighted by Gasteiger charge is 2.13. The Morgan fingerprint density at radius 1 is 1.15 bits per heavy atom. The molecular weight excluding hydrogens is 344 g/mol. The second-order valence-corrected chi connectivity index (χ2v) is 5.33. The molecule has 3 rings (SSSR count). The first-order chi connectivity index (χ1) is 9.65. The largest absolute Gasteiger partial charge is 0.506 e. The first-order valence-electron chi connectivity index (χ1n) is 5.72. The molecule has 3 aromatic rings. The van der Waals surface area contributed by atoms with E-state index >= 15 is 0 Å². The molecule has 0 atom stereocenters. The van der Waals surface area contributed by atoms with E-state index in [-0.39, 0.29) is 10.8 Å². The highest BCUT2D eigenvalue weighted by molar-refractivity contribution is 9.10. The van der Waals surface area contributed by atoms with Gasteiger partial charge >= 0.3 is 0 Å². The molecule has 100 valence electrons. The van der Waals surface area contributed by atoms with Crippen molar-refractivity contribution in [3.8, 4) is 28.6 Å². The summed E-state index contributed by atoms with van der Waals surface area (Å²) in [6.45, 7) is 0. The van der Waals surface area contributed by atoms with E-state index in [1.165, 1.54) is 6.07 Å². The van der Waals surface area contributed by atoms with Crippen LogP contribution in [0.3, 0.4) is 0 Å². The molecule has 0 aliphatic rings. The quantitative estimate of drug-likeness (QED) is 0.737. The average Bonchev–Trinajstić information content (AvgIpc) is 2.92. The number of benzene rings is 2. The van der Waals surface area contributed by atoms with Crippen molar-refractivity contribution >= 4 is 27.5 Å². The van der Waals surface area contributed by atoms with Gasteiger partial charge in [0.25, 0.3) is 5.89 Å². The maximum atomic E-state index is 9.41. The summed E-state index contributed by atoms with van der Waals surface area (Å²) in [6.07, 6.45) is 0. The van der Waals surface area contributed by atoms with Gasteiger partial charge in [0.2, 0.25) is 5.82 Å². The predicted octanol–water partition coefficient (Wildman–Crippen LogP) is 4.53. The fourth-order valence-corrected chi connectivity index (χ4v) is 2.38. The van der Waals surface area contributed by atoms with Crippen LogP contribution in [0.5, 0.6) is 5.75 Å². The van der Waals surface area contributed by atoms with Gasteiger partial charge in [-0.25, -0.2) is 0 Å². The molecule has 0 saturated carbocycles. The Morgan fingerprint density at radius 3 is 2.70 bits per heavy atom. The zero-order chi connectivity index (χ0) is 14.1. The minimum absolute atomic E-state index is 0.0148. The normalized spacial score (nSPS) is 10.7. The molecule has 0 bridgehead atoms. The van der Waals surface area contributed by atoms with Crippen LogP contribution in [-0.4, -0.2) is 15.2 Å². The summed E-state index contributed by atoms with van der Waals surface area (Å²) in [5.74, 6) is 0.843. The third-order valence-electron chi connectivity index (χ3n) is 2.74. The molecule has 0 unspecified atom stereocenters. The van der Waals surface area contributed by atoms with Crippen molar-refractivity contribution < 1.29 is 9.63 Å². The lowest BCUT2D eigenvalue weighted by atomic mass is 10.2. The third kappa shape index (κ3) is 2.42. The van der Waals surface area contributed by atoms with Gasteiger partial charge in [-0.05, 0) is 30.3 Å². The molecule has 0 saturated heterocycles. The zero-order valence-electron chi connectivity index (χ0n) is 10.0. The molecule has 0 radical (unpaired) electrons. The van der Waals surface area contributed by atoms with E-state index in [2.05, 4.69) is 26.1 Å². The van der Waals surface area contributed by atoms with Crippen LogP contribution < -0.4 is 0 Å². The number of rotatable bonds is 2. The van der Waals surface area contributed by atoms with E-state index < -0.39 is 0 Å². The molecule has 0 fully saturated rings.